The molecule has 0 radical (unpaired) electrons. The Kier molecular flexibility index (Phi) is 4.29. The first-order valence-corrected chi connectivity index (χ1v) is 7.92. The molecule has 0 spiro atoms. The molecule has 0 aliphatic carbocycles. The van der Waals surface area contributed by atoms with E-state index in [0.717, 1.165) is 16.6 Å². The molecule has 6 heteroatoms. The molecule has 110 valence electrons. The summed E-state index contributed by atoms with van der Waals surface area (Å²) in [6.45, 7) is 0. The SMILES string of the molecule is C/N=C/c1ccccc1OB1OC(=O)c2ccc(CBr)cc21. The number of halogens is 1. The second kappa shape index (κ2) is 6.36. The number of para-hydroxylation sites is 1. The van der Waals surface area contributed by atoms with Gasteiger partial charge in [0.05, 0.1) is 5.56 Å². The molecule has 4 nitrogen and oxygen atoms in total. The highest BCUT2D eigenvalue weighted by atomic mass is 79.9. The summed E-state index contributed by atoms with van der Waals surface area (Å²) in [6.07, 6.45) is 1.71. The fourth-order valence-electron chi connectivity index (χ4n) is 2.34. The summed E-state index contributed by atoms with van der Waals surface area (Å²) < 4.78 is 11.3. The van der Waals surface area contributed by atoms with Crippen molar-refractivity contribution in [1.29, 1.82) is 0 Å². The fourth-order valence-corrected chi connectivity index (χ4v) is 2.69. The number of nitrogens with zero attached hydrogens (tertiary/aromatic N) is 1. The smallest absolute Gasteiger partial charge is 0.521 e. The van der Waals surface area contributed by atoms with E-state index in [1.165, 1.54) is 0 Å². The third-order valence-corrected chi connectivity index (χ3v) is 4.03. The highest BCUT2D eigenvalue weighted by molar-refractivity contribution is 9.08. The molecule has 0 bridgehead atoms. The van der Waals surface area contributed by atoms with Crippen LogP contribution in [0.4, 0.5) is 0 Å². The normalized spacial score (nSPS) is 13.4. The second-order valence-electron chi connectivity index (χ2n) is 4.84. The number of rotatable bonds is 4. The van der Waals surface area contributed by atoms with Crippen molar-refractivity contribution >= 4 is 40.7 Å². The van der Waals surface area contributed by atoms with Crippen molar-refractivity contribution in [3.63, 3.8) is 0 Å². The van der Waals surface area contributed by atoms with E-state index in [4.69, 9.17) is 9.31 Å². The maximum Gasteiger partial charge on any atom is 0.635 e. The second-order valence-corrected chi connectivity index (χ2v) is 5.40. The van der Waals surface area contributed by atoms with Crippen LogP contribution in [0.15, 0.2) is 47.5 Å². The van der Waals surface area contributed by atoms with Gasteiger partial charge in [0.1, 0.15) is 5.75 Å². The van der Waals surface area contributed by atoms with E-state index in [2.05, 4.69) is 20.9 Å². The minimum absolute atomic E-state index is 0.359. The zero-order valence-corrected chi connectivity index (χ0v) is 13.5. The van der Waals surface area contributed by atoms with Crippen molar-refractivity contribution in [2.24, 2.45) is 4.99 Å². The van der Waals surface area contributed by atoms with E-state index in [1.807, 2.05) is 36.4 Å². The maximum atomic E-state index is 11.9. The highest BCUT2D eigenvalue weighted by Gasteiger charge is 2.40. The van der Waals surface area contributed by atoms with Crippen molar-refractivity contribution in [3.8, 4) is 5.75 Å². The summed E-state index contributed by atoms with van der Waals surface area (Å²) in [5.41, 5.74) is 3.21. The molecule has 3 rings (SSSR count). The molecule has 0 unspecified atom stereocenters. The van der Waals surface area contributed by atoms with Gasteiger partial charge in [-0.3, -0.25) is 4.99 Å². The number of carbonyl (C=O) groups is 1. The monoisotopic (exact) mass is 357 g/mol. The van der Waals surface area contributed by atoms with E-state index in [9.17, 15) is 4.79 Å². The van der Waals surface area contributed by atoms with Gasteiger partial charge in [-0.1, -0.05) is 40.2 Å². The van der Waals surface area contributed by atoms with Crippen LogP contribution in [-0.2, 0) is 9.98 Å². The molecule has 1 aliphatic heterocycles. The third-order valence-electron chi connectivity index (χ3n) is 3.38. The van der Waals surface area contributed by atoms with Gasteiger partial charge in [0.15, 0.2) is 0 Å². The summed E-state index contributed by atoms with van der Waals surface area (Å²) in [5, 5.41) is 0.709. The van der Waals surface area contributed by atoms with Crippen LogP contribution >= 0.6 is 15.9 Å². The molecule has 0 fully saturated rings. The van der Waals surface area contributed by atoms with Crippen LogP contribution < -0.4 is 10.1 Å². The van der Waals surface area contributed by atoms with Crippen molar-refractivity contribution in [3.05, 3.63) is 59.2 Å². The molecular formula is C16H13BBrNO3. The lowest BCUT2D eigenvalue weighted by Crippen LogP contribution is -2.36. The van der Waals surface area contributed by atoms with Crippen molar-refractivity contribution < 1.29 is 14.1 Å². The predicted molar refractivity (Wildman–Crippen MR) is 90.5 cm³/mol. The average molecular weight is 358 g/mol. The Bertz CT molecular complexity index is 748. The molecule has 1 heterocycles. The first-order chi connectivity index (χ1) is 10.7. The van der Waals surface area contributed by atoms with Crippen molar-refractivity contribution in [2.75, 3.05) is 7.05 Å². The van der Waals surface area contributed by atoms with E-state index in [1.54, 1.807) is 19.3 Å². The Morgan fingerprint density at radius 2 is 2.14 bits per heavy atom. The Morgan fingerprint density at radius 1 is 1.32 bits per heavy atom. The predicted octanol–water partition coefficient (Wildman–Crippen LogP) is 2.57. The van der Waals surface area contributed by atoms with E-state index < -0.39 is 7.12 Å². The van der Waals surface area contributed by atoms with E-state index in [0.29, 0.717) is 16.6 Å². The lowest BCUT2D eigenvalue weighted by molar-refractivity contribution is 0.0731. The van der Waals surface area contributed by atoms with Gasteiger partial charge >= 0.3 is 13.1 Å². The third kappa shape index (κ3) is 2.79. The average Bonchev–Trinajstić information content (AvgIpc) is 2.85. The van der Waals surface area contributed by atoms with Gasteiger partial charge in [-0.05, 0) is 23.8 Å². The van der Waals surface area contributed by atoms with E-state index >= 15 is 0 Å². The zero-order valence-electron chi connectivity index (χ0n) is 12.0. The summed E-state index contributed by atoms with van der Waals surface area (Å²) in [4.78, 5) is 15.9. The number of aliphatic imine (C=N–C) groups is 1. The first-order valence-electron chi connectivity index (χ1n) is 6.80. The first kappa shape index (κ1) is 14.8. The standard InChI is InChI=1S/C16H13BBrNO3/c1-19-10-12-4-2-3-5-15(12)21-17-14-8-11(9-18)6-7-13(14)16(20)22-17/h2-8,10H,9H2,1H3/b19-10+. The molecule has 2 aromatic carbocycles. The number of hydrogen-bond acceptors (Lipinski definition) is 4. The molecule has 0 aromatic heterocycles. The van der Waals surface area contributed by atoms with Crippen molar-refractivity contribution in [1.82, 2.24) is 0 Å². The maximum absolute atomic E-state index is 11.9. The quantitative estimate of drug-likeness (QED) is 0.480. The van der Waals surface area contributed by atoms with Gasteiger partial charge in [0, 0.05) is 29.6 Å². The van der Waals surface area contributed by atoms with Crippen LogP contribution in [0, 0.1) is 0 Å². The Morgan fingerprint density at radius 3 is 2.91 bits per heavy atom. The summed E-state index contributed by atoms with van der Waals surface area (Å²) in [5.74, 6) is 0.269. The Hall–Kier alpha value is -2.08. The van der Waals surface area contributed by atoms with Crippen LogP contribution in [0.2, 0.25) is 0 Å². The number of carbonyl (C=O) groups excluding carboxylic acids is 1. The summed E-state index contributed by atoms with van der Waals surface area (Å²) >= 11 is 3.42. The van der Waals surface area contributed by atoms with Gasteiger partial charge in [-0.25, -0.2) is 4.79 Å². The van der Waals surface area contributed by atoms with E-state index in [-0.39, 0.29) is 5.97 Å². The van der Waals surface area contributed by atoms with Crippen LogP contribution in [-0.4, -0.2) is 26.3 Å². The molecule has 2 aromatic rings. The van der Waals surface area contributed by atoms with Gasteiger partial charge < -0.3 is 9.31 Å². The largest absolute Gasteiger partial charge is 0.635 e. The molecular weight excluding hydrogens is 345 g/mol. The zero-order chi connectivity index (χ0) is 15.5. The number of fused-ring (bicyclic) bond motifs is 1. The van der Waals surface area contributed by atoms with Crippen LogP contribution in [0.25, 0.3) is 0 Å². The number of hydrogen-bond donors (Lipinski definition) is 0. The van der Waals surface area contributed by atoms with Crippen LogP contribution in [0.3, 0.4) is 0 Å². The molecule has 0 N–H and O–H groups in total. The summed E-state index contributed by atoms with van der Waals surface area (Å²) in [7, 11) is 0.970. The topological polar surface area (TPSA) is 47.9 Å². The van der Waals surface area contributed by atoms with Gasteiger partial charge in [0.2, 0.25) is 0 Å². The van der Waals surface area contributed by atoms with Crippen LogP contribution in [0.5, 0.6) is 5.75 Å². The lowest BCUT2D eigenvalue weighted by Gasteiger charge is -2.12. The Balaban J connectivity index is 1.94. The molecule has 0 atom stereocenters. The highest BCUT2D eigenvalue weighted by Crippen LogP contribution is 2.21. The van der Waals surface area contributed by atoms with Gasteiger partial charge in [0.25, 0.3) is 0 Å². The number of benzene rings is 2. The molecule has 1 aliphatic rings. The minimum atomic E-state index is -0.729. The van der Waals surface area contributed by atoms with Crippen LogP contribution in [0.1, 0.15) is 21.5 Å². The van der Waals surface area contributed by atoms with Gasteiger partial charge in [-0.2, -0.15) is 0 Å². The fraction of sp³-hybridized carbons (Fsp3) is 0.125. The lowest BCUT2D eigenvalue weighted by atomic mass is 9.78. The molecule has 0 saturated heterocycles. The molecule has 0 saturated carbocycles. The number of alkyl halides is 1. The van der Waals surface area contributed by atoms with Crippen molar-refractivity contribution in [2.45, 2.75) is 5.33 Å². The molecule has 0 amide bonds. The minimum Gasteiger partial charge on any atom is -0.521 e. The van der Waals surface area contributed by atoms with Gasteiger partial charge in [-0.15, -0.1) is 0 Å². The Labute approximate surface area is 137 Å². The summed E-state index contributed by atoms with van der Waals surface area (Å²) in [6, 6.07) is 13.1. The molecule has 22 heavy (non-hydrogen) atoms.